The fourth-order valence-corrected chi connectivity index (χ4v) is 4.06. The molecule has 0 radical (unpaired) electrons. The summed E-state index contributed by atoms with van der Waals surface area (Å²) in [6.45, 7) is 5.02. The van der Waals surface area contributed by atoms with Crippen molar-refractivity contribution < 1.29 is 14.5 Å². The van der Waals surface area contributed by atoms with Crippen LogP contribution in [0.2, 0.25) is 0 Å². The summed E-state index contributed by atoms with van der Waals surface area (Å²) >= 11 is 1.40. The number of thiazole rings is 1. The van der Waals surface area contributed by atoms with E-state index in [9.17, 15) is 14.9 Å². The van der Waals surface area contributed by atoms with E-state index in [1.165, 1.54) is 29.5 Å². The van der Waals surface area contributed by atoms with Crippen LogP contribution in [0.3, 0.4) is 0 Å². The average Bonchev–Trinajstić information content (AvgIpc) is 2.97. The molecule has 7 nitrogen and oxygen atoms in total. The predicted octanol–water partition coefficient (Wildman–Crippen LogP) is 3.62. The normalized spacial score (nSPS) is 11.9. The molecule has 2 aromatic carbocycles. The first-order valence-electron chi connectivity index (χ1n) is 8.34. The standard InChI is InChI=1S/C19H19N3O4S/c1-12-10-13(2)17-16(11-12)21(8-9-26-3)19(27-17)20-18(23)14-6-4-5-7-15(14)22(24)25/h4-7,10-11H,8-9H2,1-3H3. The highest BCUT2D eigenvalue weighted by atomic mass is 32.1. The van der Waals surface area contributed by atoms with Gasteiger partial charge in [-0.25, -0.2) is 0 Å². The zero-order valence-electron chi connectivity index (χ0n) is 15.3. The van der Waals surface area contributed by atoms with Crippen molar-refractivity contribution in [3.8, 4) is 0 Å². The number of benzene rings is 2. The van der Waals surface area contributed by atoms with E-state index >= 15 is 0 Å². The van der Waals surface area contributed by atoms with E-state index in [0.29, 0.717) is 18.0 Å². The van der Waals surface area contributed by atoms with Crippen molar-refractivity contribution in [2.24, 2.45) is 4.99 Å². The van der Waals surface area contributed by atoms with Gasteiger partial charge in [0.1, 0.15) is 5.56 Å². The highest BCUT2D eigenvalue weighted by Crippen LogP contribution is 2.24. The summed E-state index contributed by atoms with van der Waals surface area (Å²) in [6.07, 6.45) is 0. The largest absolute Gasteiger partial charge is 0.383 e. The first-order valence-corrected chi connectivity index (χ1v) is 9.16. The molecule has 8 heteroatoms. The van der Waals surface area contributed by atoms with Gasteiger partial charge in [-0.2, -0.15) is 4.99 Å². The second-order valence-electron chi connectivity index (χ2n) is 6.15. The number of aryl methyl sites for hydroxylation is 2. The molecule has 0 aliphatic carbocycles. The van der Waals surface area contributed by atoms with Crippen LogP contribution in [-0.4, -0.2) is 29.1 Å². The summed E-state index contributed by atoms with van der Waals surface area (Å²) in [7, 11) is 1.61. The quantitative estimate of drug-likeness (QED) is 0.496. The Hall–Kier alpha value is -2.84. The fourth-order valence-electron chi connectivity index (χ4n) is 2.96. The Morgan fingerprint density at radius 3 is 2.74 bits per heavy atom. The average molecular weight is 385 g/mol. The minimum atomic E-state index is -0.630. The van der Waals surface area contributed by atoms with Gasteiger partial charge in [-0.3, -0.25) is 14.9 Å². The number of aromatic nitrogens is 1. The molecule has 3 rings (SSSR count). The van der Waals surface area contributed by atoms with Crippen LogP contribution in [0.25, 0.3) is 10.2 Å². The van der Waals surface area contributed by atoms with Gasteiger partial charge < -0.3 is 9.30 Å². The maximum Gasteiger partial charge on any atom is 0.286 e. The van der Waals surface area contributed by atoms with Gasteiger partial charge in [-0.05, 0) is 37.1 Å². The molecule has 1 amide bonds. The number of amides is 1. The van der Waals surface area contributed by atoms with Gasteiger partial charge in [0.2, 0.25) is 0 Å². The third-order valence-corrected chi connectivity index (χ3v) is 5.39. The van der Waals surface area contributed by atoms with Crippen LogP contribution in [-0.2, 0) is 11.3 Å². The summed E-state index contributed by atoms with van der Waals surface area (Å²) in [5, 5.41) is 11.2. The van der Waals surface area contributed by atoms with E-state index in [-0.39, 0.29) is 11.3 Å². The first-order chi connectivity index (χ1) is 12.9. The number of carbonyl (C=O) groups is 1. The maximum atomic E-state index is 12.7. The lowest BCUT2D eigenvalue weighted by Gasteiger charge is -2.06. The predicted molar refractivity (Wildman–Crippen MR) is 104 cm³/mol. The summed E-state index contributed by atoms with van der Waals surface area (Å²) in [4.78, 5) is 28.0. The van der Waals surface area contributed by atoms with Crippen LogP contribution in [0.15, 0.2) is 41.4 Å². The van der Waals surface area contributed by atoms with Crippen molar-refractivity contribution in [2.75, 3.05) is 13.7 Å². The molecule has 1 heterocycles. The first kappa shape index (κ1) is 18.9. The number of carbonyl (C=O) groups excluding carboxylic acids is 1. The van der Waals surface area contributed by atoms with E-state index in [1.54, 1.807) is 13.2 Å². The lowest BCUT2D eigenvalue weighted by Crippen LogP contribution is -2.19. The third kappa shape index (κ3) is 3.81. The molecule has 0 spiro atoms. The lowest BCUT2D eigenvalue weighted by atomic mass is 10.1. The number of nitro benzene ring substituents is 1. The van der Waals surface area contributed by atoms with E-state index in [4.69, 9.17) is 4.74 Å². The van der Waals surface area contributed by atoms with Crippen LogP contribution < -0.4 is 4.80 Å². The number of hydrogen-bond acceptors (Lipinski definition) is 5. The van der Waals surface area contributed by atoms with Crippen molar-refractivity contribution in [2.45, 2.75) is 20.4 Å². The van der Waals surface area contributed by atoms with Crippen molar-refractivity contribution in [1.29, 1.82) is 0 Å². The third-order valence-electron chi connectivity index (χ3n) is 4.16. The van der Waals surface area contributed by atoms with Gasteiger partial charge >= 0.3 is 0 Å². The Morgan fingerprint density at radius 1 is 1.30 bits per heavy atom. The molecule has 1 aromatic heterocycles. The molecule has 3 aromatic rings. The summed E-state index contributed by atoms with van der Waals surface area (Å²) < 4.78 is 8.15. The van der Waals surface area contributed by atoms with Crippen molar-refractivity contribution in [1.82, 2.24) is 4.57 Å². The van der Waals surface area contributed by atoms with E-state index in [0.717, 1.165) is 21.3 Å². The number of nitro groups is 1. The summed E-state index contributed by atoms with van der Waals surface area (Å²) in [5.74, 6) is -0.630. The molecule has 0 aliphatic rings. The number of methoxy groups -OCH3 is 1. The molecule has 0 saturated carbocycles. The molecular formula is C19H19N3O4S. The smallest absolute Gasteiger partial charge is 0.286 e. The van der Waals surface area contributed by atoms with Crippen molar-refractivity contribution >= 4 is 33.1 Å². The van der Waals surface area contributed by atoms with Crippen LogP contribution in [0.5, 0.6) is 0 Å². The SMILES string of the molecule is COCCn1c(=NC(=O)c2ccccc2[N+](=O)[O-])sc2c(C)cc(C)cc21. The zero-order valence-corrected chi connectivity index (χ0v) is 16.1. The van der Waals surface area contributed by atoms with Gasteiger partial charge in [-0.1, -0.05) is 29.5 Å². The highest BCUT2D eigenvalue weighted by Gasteiger charge is 2.19. The van der Waals surface area contributed by atoms with E-state index < -0.39 is 10.8 Å². The van der Waals surface area contributed by atoms with Crippen LogP contribution in [0.4, 0.5) is 5.69 Å². The Morgan fingerprint density at radius 2 is 2.04 bits per heavy atom. The van der Waals surface area contributed by atoms with Crippen LogP contribution in [0.1, 0.15) is 21.5 Å². The van der Waals surface area contributed by atoms with Gasteiger partial charge in [-0.15, -0.1) is 0 Å². The molecule has 0 aliphatic heterocycles. The lowest BCUT2D eigenvalue weighted by molar-refractivity contribution is -0.385. The fraction of sp³-hybridized carbons (Fsp3) is 0.263. The molecule has 140 valence electrons. The molecule has 0 unspecified atom stereocenters. The number of fused-ring (bicyclic) bond motifs is 1. The summed E-state index contributed by atoms with van der Waals surface area (Å²) in [5.41, 5.74) is 2.92. The second kappa shape index (κ2) is 7.81. The van der Waals surface area contributed by atoms with Gasteiger partial charge in [0, 0.05) is 19.7 Å². The van der Waals surface area contributed by atoms with Crippen LogP contribution in [0, 0.1) is 24.0 Å². The number of rotatable bonds is 5. The molecular weight excluding hydrogens is 366 g/mol. The Bertz CT molecular complexity index is 1100. The zero-order chi connectivity index (χ0) is 19.6. The number of para-hydroxylation sites is 1. The Kier molecular flexibility index (Phi) is 5.48. The molecule has 0 N–H and O–H groups in total. The number of ether oxygens (including phenoxy) is 1. The Labute approximate surface area is 159 Å². The molecule has 0 bridgehead atoms. The van der Waals surface area contributed by atoms with E-state index in [1.807, 2.05) is 24.5 Å². The summed E-state index contributed by atoms with van der Waals surface area (Å²) in [6, 6.07) is 9.97. The number of hydrogen-bond donors (Lipinski definition) is 0. The van der Waals surface area contributed by atoms with E-state index in [2.05, 4.69) is 11.1 Å². The Balaban J connectivity index is 2.20. The minimum absolute atomic E-state index is 0.0221. The van der Waals surface area contributed by atoms with Crippen LogP contribution >= 0.6 is 11.3 Å². The maximum absolute atomic E-state index is 12.7. The van der Waals surface area contributed by atoms with Gasteiger partial charge in [0.15, 0.2) is 4.80 Å². The van der Waals surface area contributed by atoms with Gasteiger partial charge in [0.25, 0.3) is 11.6 Å². The topological polar surface area (TPSA) is 86.7 Å². The molecule has 0 saturated heterocycles. The monoisotopic (exact) mass is 385 g/mol. The van der Waals surface area contributed by atoms with Crippen molar-refractivity contribution in [3.63, 3.8) is 0 Å². The van der Waals surface area contributed by atoms with Gasteiger partial charge in [0.05, 0.1) is 21.7 Å². The second-order valence-corrected chi connectivity index (χ2v) is 7.13. The minimum Gasteiger partial charge on any atom is -0.383 e. The number of nitrogens with zero attached hydrogens (tertiary/aromatic N) is 3. The van der Waals surface area contributed by atoms with Crippen molar-refractivity contribution in [3.05, 3.63) is 68.0 Å². The molecule has 0 fully saturated rings. The molecule has 27 heavy (non-hydrogen) atoms. The highest BCUT2D eigenvalue weighted by molar-refractivity contribution is 7.16. The molecule has 0 atom stereocenters.